The Morgan fingerprint density at radius 2 is 0.684 bits per heavy atom. The summed E-state index contributed by atoms with van der Waals surface area (Å²) in [6, 6.07) is 0. The number of carbonyl (C=O) groups is 3. The van der Waals surface area contributed by atoms with Gasteiger partial charge in [-0.1, -0.05) is 258 Å². The monoisotopic (exact) mass is 1100 g/mol. The molecule has 0 aliphatic carbocycles. The van der Waals surface area contributed by atoms with Crippen LogP contribution in [0.1, 0.15) is 258 Å². The SMILES string of the molecule is CC/C=C\C/C=C\C/C=C\C/C=C\C/C=C\CCCCCCCCCCCCCC(=O)OC(COC(=O)CCCCCCCCCCCCCCCC/C=C\C/C=C\C/C=C\C/C=C\CC)COC(OCC[N+](C)(C)C)C(=O)O. The van der Waals surface area contributed by atoms with Crippen LogP contribution < -0.4 is 0 Å². The van der Waals surface area contributed by atoms with Crippen LogP contribution in [0.4, 0.5) is 0 Å². The van der Waals surface area contributed by atoms with E-state index in [0.29, 0.717) is 23.9 Å². The molecule has 0 aromatic heterocycles. The van der Waals surface area contributed by atoms with Crippen molar-refractivity contribution in [3.8, 4) is 0 Å². The number of ether oxygens (including phenoxy) is 4. The quantitative estimate of drug-likeness (QED) is 0.0211. The number of likely N-dealkylation sites (N-methyl/N-ethyl adjacent to an activating group) is 1. The van der Waals surface area contributed by atoms with Gasteiger partial charge < -0.3 is 28.5 Å². The standard InChI is InChI=1S/C70H119NO8/c1-6-8-10-12-14-16-18-20-22-24-26-28-30-32-34-36-38-40-42-44-46-48-50-52-54-56-58-60-67(72)77-64-66(65-78-70(69(74)75)76-63-62-71(3,4)5)79-68(73)61-59-57-55-53-51-49-47-45-43-41-39-37-35-33-31-29-27-25-23-21-19-17-15-13-11-9-7-2/h8-11,14-17,20-23,26-29,33,35,66,70H,6-7,12-13,18-19,24-25,30-32,34,36-65H2,1-5H3/p+1/b10-8-,11-9-,16-14-,17-15-,22-20-,23-21-,28-26-,29-27-,35-33-. The molecule has 2 atom stereocenters. The molecule has 0 heterocycles. The van der Waals surface area contributed by atoms with E-state index in [1.54, 1.807) is 0 Å². The van der Waals surface area contributed by atoms with Gasteiger partial charge >= 0.3 is 17.9 Å². The second kappa shape index (κ2) is 60.1. The van der Waals surface area contributed by atoms with Gasteiger partial charge in [-0.05, 0) is 96.3 Å². The van der Waals surface area contributed by atoms with Crippen molar-refractivity contribution < 1.29 is 42.9 Å². The van der Waals surface area contributed by atoms with Gasteiger partial charge in [0.2, 0.25) is 0 Å². The summed E-state index contributed by atoms with van der Waals surface area (Å²) in [7, 11) is 5.97. The number of carbonyl (C=O) groups excluding carboxylic acids is 2. The number of aliphatic carboxylic acids is 1. The molecule has 0 saturated carbocycles. The van der Waals surface area contributed by atoms with Gasteiger partial charge in [-0.15, -0.1) is 0 Å². The molecular weight excluding hydrogens is 983 g/mol. The smallest absolute Gasteiger partial charge is 0.361 e. The highest BCUT2D eigenvalue weighted by atomic mass is 16.7. The first-order valence-corrected chi connectivity index (χ1v) is 32.1. The Labute approximate surface area is 485 Å². The zero-order valence-electron chi connectivity index (χ0n) is 51.5. The first-order valence-electron chi connectivity index (χ1n) is 32.1. The Hall–Kier alpha value is -4.05. The van der Waals surface area contributed by atoms with Crippen LogP contribution in [0.25, 0.3) is 0 Å². The number of allylic oxidation sites excluding steroid dienone is 18. The predicted molar refractivity (Wildman–Crippen MR) is 336 cm³/mol. The fourth-order valence-electron chi connectivity index (χ4n) is 8.68. The van der Waals surface area contributed by atoms with E-state index in [0.717, 1.165) is 103 Å². The fourth-order valence-corrected chi connectivity index (χ4v) is 8.68. The number of carboxylic acids is 1. The molecule has 0 bridgehead atoms. The van der Waals surface area contributed by atoms with E-state index in [2.05, 4.69) is 123 Å². The number of nitrogens with zero attached hydrogens (tertiary/aromatic N) is 1. The maximum atomic E-state index is 12.9. The van der Waals surface area contributed by atoms with Crippen LogP contribution in [0.5, 0.6) is 0 Å². The number of quaternary nitrogens is 1. The van der Waals surface area contributed by atoms with Crippen molar-refractivity contribution in [2.45, 2.75) is 270 Å². The normalized spacial score (nSPS) is 13.5. The molecule has 0 aliphatic rings. The van der Waals surface area contributed by atoms with Gasteiger partial charge in [0.25, 0.3) is 6.29 Å². The van der Waals surface area contributed by atoms with Crippen LogP contribution in [-0.2, 0) is 33.3 Å². The van der Waals surface area contributed by atoms with Gasteiger partial charge in [0.1, 0.15) is 13.2 Å². The largest absolute Gasteiger partial charge is 0.477 e. The predicted octanol–water partition coefficient (Wildman–Crippen LogP) is 19.5. The van der Waals surface area contributed by atoms with Gasteiger partial charge in [0, 0.05) is 12.8 Å². The topological polar surface area (TPSA) is 108 Å². The third-order valence-corrected chi connectivity index (χ3v) is 13.5. The van der Waals surface area contributed by atoms with Crippen molar-refractivity contribution >= 4 is 17.9 Å². The van der Waals surface area contributed by atoms with Gasteiger partial charge in [-0.3, -0.25) is 9.59 Å². The van der Waals surface area contributed by atoms with E-state index in [9.17, 15) is 19.5 Å². The summed E-state index contributed by atoms with van der Waals surface area (Å²) in [5.74, 6) is -2.01. The van der Waals surface area contributed by atoms with E-state index in [1.807, 2.05) is 21.1 Å². The molecule has 0 amide bonds. The van der Waals surface area contributed by atoms with Crippen molar-refractivity contribution in [2.24, 2.45) is 0 Å². The first-order chi connectivity index (χ1) is 38.6. The first kappa shape index (κ1) is 75.0. The summed E-state index contributed by atoms with van der Waals surface area (Å²) in [5.41, 5.74) is 0. The fraction of sp³-hybridized carbons (Fsp3) is 0.700. The molecule has 2 unspecified atom stereocenters. The summed E-state index contributed by atoms with van der Waals surface area (Å²) >= 11 is 0. The van der Waals surface area contributed by atoms with Crippen molar-refractivity contribution in [1.29, 1.82) is 0 Å². The molecule has 0 fully saturated rings. The average Bonchev–Trinajstić information content (AvgIpc) is 3.42. The van der Waals surface area contributed by atoms with Crippen LogP contribution >= 0.6 is 0 Å². The number of rotatable bonds is 58. The van der Waals surface area contributed by atoms with Gasteiger partial charge in [0.15, 0.2) is 6.10 Å². The van der Waals surface area contributed by atoms with E-state index in [4.69, 9.17) is 18.9 Å². The van der Waals surface area contributed by atoms with Crippen molar-refractivity contribution in [3.05, 3.63) is 109 Å². The molecule has 0 radical (unpaired) electrons. The number of unbranched alkanes of at least 4 members (excludes halogenated alkanes) is 25. The highest BCUT2D eigenvalue weighted by Gasteiger charge is 2.25. The second-order valence-corrected chi connectivity index (χ2v) is 22.3. The number of carboxylic acid groups (broad SMARTS) is 1. The van der Waals surface area contributed by atoms with Crippen LogP contribution in [0.2, 0.25) is 0 Å². The third-order valence-electron chi connectivity index (χ3n) is 13.5. The van der Waals surface area contributed by atoms with Crippen LogP contribution in [0, 0.1) is 0 Å². The average molecular weight is 1100 g/mol. The summed E-state index contributed by atoms with van der Waals surface area (Å²) in [5, 5.41) is 9.73. The Morgan fingerprint density at radius 1 is 0.380 bits per heavy atom. The minimum atomic E-state index is -1.52. The number of esters is 2. The highest BCUT2D eigenvalue weighted by molar-refractivity contribution is 5.71. The van der Waals surface area contributed by atoms with Crippen molar-refractivity contribution in [2.75, 3.05) is 47.5 Å². The molecule has 0 saturated heterocycles. The lowest BCUT2D eigenvalue weighted by Crippen LogP contribution is -2.40. The van der Waals surface area contributed by atoms with Crippen LogP contribution in [0.15, 0.2) is 109 Å². The number of hydrogen-bond donors (Lipinski definition) is 1. The maximum Gasteiger partial charge on any atom is 0.361 e. The molecule has 0 rings (SSSR count). The molecule has 0 spiro atoms. The summed E-state index contributed by atoms with van der Waals surface area (Å²) in [6.07, 6.45) is 80.3. The molecule has 0 aromatic carbocycles. The van der Waals surface area contributed by atoms with Crippen LogP contribution in [-0.4, -0.2) is 87.4 Å². The lowest BCUT2D eigenvalue weighted by Gasteiger charge is -2.25. The molecule has 1 N–H and O–H groups in total. The third kappa shape index (κ3) is 61.4. The number of hydrogen-bond acceptors (Lipinski definition) is 7. The van der Waals surface area contributed by atoms with E-state index in [1.165, 1.54) is 122 Å². The molecule has 79 heavy (non-hydrogen) atoms. The molecule has 452 valence electrons. The summed E-state index contributed by atoms with van der Waals surface area (Å²) < 4.78 is 22.9. The van der Waals surface area contributed by atoms with E-state index >= 15 is 0 Å². The van der Waals surface area contributed by atoms with Gasteiger partial charge in [-0.2, -0.15) is 0 Å². The Bertz CT molecular complexity index is 1660. The molecule has 0 aromatic rings. The summed E-state index contributed by atoms with van der Waals surface area (Å²) in [6.45, 7) is 4.66. The molecule has 9 nitrogen and oxygen atoms in total. The van der Waals surface area contributed by atoms with E-state index < -0.39 is 24.3 Å². The Morgan fingerprint density at radius 3 is 1.01 bits per heavy atom. The summed E-state index contributed by atoms with van der Waals surface area (Å²) in [4.78, 5) is 37.6. The molecule has 9 heteroatoms. The minimum Gasteiger partial charge on any atom is -0.477 e. The van der Waals surface area contributed by atoms with E-state index in [-0.39, 0.29) is 32.2 Å². The zero-order valence-corrected chi connectivity index (χ0v) is 51.5. The molecule has 0 aliphatic heterocycles. The second-order valence-electron chi connectivity index (χ2n) is 22.3. The highest BCUT2D eigenvalue weighted by Crippen LogP contribution is 2.16. The lowest BCUT2D eigenvalue weighted by molar-refractivity contribution is -0.870. The Balaban J connectivity index is 4.19. The zero-order chi connectivity index (χ0) is 57.6. The van der Waals surface area contributed by atoms with Crippen molar-refractivity contribution in [1.82, 2.24) is 0 Å². The minimum absolute atomic E-state index is 0.183. The van der Waals surface area contributed by atoms with Gasteiger partial charge in [0.05, 0.1) is 34.4 Å². The maximum absolute atomic E-state index is 12.9. The molecular formula is C70H120NO8+. The van der Waals surface area contributed by atoms with Crippen molar-refractivity contribution in [3.63, 3.8) is 0 Å². The van der Waals surface area contributed by atoms with Gasteiger partial charge in [-0.25, -0.2) is 4.79 Å². The van der Waals surface area contributed by atoms with Crippen LogP contribution in [0.3, 0.4) is 0 Å². The lowest BCUT2D eigenvalue weighted by atomic mass is 10.0. The Kier molecular flexibility index (Phi) is 57.0.